The van der Waals surface area contributed by atoms with Crippen LogP contribution in [0.15, 0.2) is 60.7 Å². The summed E-state index contributed by atoms with van der Waals surface area (Å²) in [6.07, 6.45) is 0. The van der Waals surface area contributed by atoms with E-state index in [1.165, 1.54) is 4.31 Å². The Morgan fingerprint density at radius 2 is 1.45 bits per heavy atom. The highest BCUT2D eigenvalue weighted by atomic mass is 32.2. The number of hydrogen-bond donors (Lipinski definition) is 0. The third kappa shape index (κ3) is 3.46. The zero-order valence-corrected chi connectivity index (χ0v) is 12.5. The highest BCUT2D eigenvalue weighted by Crippen LogP contribution is 2.23. The average molecular weight is 289 g/mol. The molecule has 0 N–H and O–H groups in total. The molecule has 0 radical (unpaired) electrons. The molecule has 106 valence electrons. The normalized spacial score (nSPS) is 13.3. The van der Waals surface area contributed by atoms with E-state index >= 15 is 0 Å². The summed E-state index contributed by atoms with van der Waals surface area (Å²) in [7, 11) is -1.69. The first kappa shape index (κ1) is 14.8. The Labute approximate surface area is 120 Å². The van der Waals surface area contributed by atoms with Gasteiger partial charge in [0.1, 0.15) is 0 Å². The van der Waals surface area contributed by atoms with Crippen molar-refractivity contribution in [2.45, 2.75) is 18.7 Å². The third-order valence-electron chi connectivity index (χ3n) is 3.46. The molecule has 0 heterocycles. The van der Waals surface area contributed by atoms with Gasteiger partial charge in [0.2, 0.25) is 10.0 Å². The standard InChI is InChI=1S/C16H19NO2S/c1-14(16-11-7-4-8-12-16)17(2)20(18,19)13-15-9-5-3-6-10-15/h3-12,14H,13H2,1-2H3. The number of benzene rings is 2. The molecule has 2 aromatic rings. The minimum atomic E-state index is -3.33. The van der Waals surface area contributed by atoms with Gasteiger partial charge < -0.3 is 0 Å². The van der Waals surface area contributed by atoms with Crippen molar-refractivity contribution >= 4 is 10.0 Å². The second-order valence-corrected chi connectivity index (χ2v) is 6.87. The minimum Gasteiger partial charge on any atom is -0.212 e. The van der Waals surface area contributed by atoms with E-state index in [0.717, 1.165) is 11.1 Å². The number of rotatable bonds is 5. The van der Waals surface area contributed by atoms with Crippen LogP contribution in [0.2, 0.25) is 0 Å². The number of sulfonamides is 1. The summed E-state index contributed by atoms with van der Waals surface area (Å²) in [4.78, 5) is 0. The maximum atomic E-state index is 12.4. The Bertz CT molecular complexity index is 639. The lowest BCUT2D eigenvalue weighted by Gasteiger charge is -2.24. The van der Waals surface area contributed by atoms with Crippen LogP contribution in [-0.4, -0.2) is 19.8 Å². The Morgan fingerprint density at radius 3 is 2.00 bits per heavy atom. The van der Waals surface area contributed by atoms with Gasteiger partial charge in [-0.2, -0.15) is 4.31 Å². The molecule has 0 spiro atoms. The molecule has 3 nitrogen and oxygen atoms in total. The Kier molecular flexibility index (Phi) is 4.57. The van der Waals surface area contributed by atoms with Gasteiger partial charge in [-0.15, -0.1) is 0 Å². The molecule has 0 saturated carbocycles. The number of hydrogen-bond acceptors (Lipinski definition) is 2. The molecule has 0 fully saturated rings. The van der Waals surface area contributed by atoms with Gasteiger partial charge in [0, 0.05) is 13.1 Å². The molecule has 2 aromatic carbocycles. The first-order valence-corrected chi connectivity index (χ1v) is 8.16. The first-order chi connectivity index (χ1) is 9.50. The van der Waals surface area contributed by atoms with Crippen LogP contribution in [0, 0.1) is 0 Å². The van der Waals surface area contributed by atoms with Crippen LogP contribution in [0.1, 0.15) is 24.1 Å². The second-order valence-electron chi connectivity index (χ2n) is 4.84. The molecule has 0 aliphatic heterocycles. The van der Waals surface area contributed by atoms with E-state index in [1.807, 2.05) is 67.6 Å². The van der Waals surface area contributed by atoms with Gasteiger partial charge in [0.05, 0.1) is 5.75 Å². The molecular weight excluding hydrogens is 270 g/mol. The fraction of sp³-hybridized carbons (Fsp3) is 0.250. The lowest BCUT2D eigenvalue weighted by Crippen LogP contribution is -2.30. The van der Waals surface area contributed by atoms with Crippen LogP contribution in [0.4, 0.5) is 0 Å². The van der Waals surface area contributed by atoms with Gasteiger partial charge in [-0.25, -0.2) is 8.42 Å². The monoisotopic (exact) mass is 289 g/mol. The molecule has 0 aromatic heterocycles. The Balaban J connectivity index is 2.17. The Morgan fingerprint density at radius 1 is 0.950 bits per heavy atom. The fourth-order valence-corrected chi connectivity index (χ4v) is 3.49. The van der Waals surface area contributed by atoms with Gasteiger partial charge in [-0.1, -0.05) is 60.7 Å². The molecule has 0 bridgehead atoms. The van der Waals surface area contributed by atoms with E-state index in [9.17, 15) is 8.42 Å². The summed E-state index contributed by atoms with van der Waals surface area (Å²) in [6.45, 7) is 1.90. The molecule has 0 saturated heterocycles. The first-order valence-electron chi connectivity index (χ1n) is 6.55. The zero-order chi connectivity index (χ0) is 14.6. The molecule has 0 aliphatic carbocycles. The van der Waals surface area contributed by atoms with Crippen molar-refractivity contribution in [1.29, 1.82) is 0 Å². The van der Waals surface area contributed by atoms with Crippen molar-refractivity contribution in [1.82, 2.24) is 4.31 Å². The summed E-state index contributed by atoms with van der Waals surface area (Å²) in [5, 5.41) is 0. The molecule has 0 amide bonds. The van der Waals surface area contributed by atoms with E-state index in [-0.39, 0.29) is 11.8 Å². The third-order valence-corrected chi connectivity index (χ3v) is 5.35. The largest absolute Gasteiger partial charge is 0.218 e. The van der Waals surface area contributed by atoms with Crippen LogP contribution in [0.3, 0.4) is 0 Å². The van der Waals surface area contributed by atoms with Crippen LogP contribution in [-0.2, 0) is 15.8 Å². The van der Waals surface area contributed by atoms with Gasteiger partial charge >= 0.3 is 0 Å². The molecule has 2 rings (SSSR count). The predicted molar refractivity (Wildman–Crippen MR) is 81.7 cm³/mol. The lowest BCUT2D eigenvalue weighted by molar-refractivity contribution is 0.398. The van der Waals surface area contributed by atoms with Crippen molar-refractivity contribution in [2.24, 2.45) is 0 Å². The van der Waals surface area contributed by atoms with Crippen molar-refractivity contribution < 1.29 is 8.42 Å². The van der Waals surface area contributed by atoms with Crippen molar-refractivity contribution in [3.05, 3.63) is 71.8 Å². The molecular formula is C16H19NO2S. The van der Waals surface area contributed by atoms with Gasteiger partial charge in [0.25, 0.3) is 0 Å². The number of nitrogens with zero attached hydrogens (tertiary/aromatic N) is 1. The fourth-order valence-electron chi connectivity index (χ4n) is 2.07. The predicted octanol–water partition coefficient (Wildman–Crippen LogP) is 3.21. The quantitative estimate of drug-likeness (QED) is 0.847. The van der Waals surface area contributed by atoms with E-state index in [0.29, 0.717) is 0 Å². The molecule has 20 heavy (non-hydrogen) atoms. The van der Waals surface area contributed by atoms with Crippen LogP contribution in [0.25, 0.3) is 0 Å². The smallest absolute Gasteiger partial charge is 0.212 e. The van der Waals surface area contributed by atoms with E-state index in [1.54, 1.807) is 7.05 Å². The summed E-state index contributed by atoms with van der Waals surface area (Å²) < 4.78 is 26.3. The zero-order valence-electron chi connectivity index (χ0n) is 11.7. The summed E-state index contributed by atoms with van der Waals surface area (Å²) in [5.74, 6) is 0.0293. The average Bonchev–Trinajstić information content (AvgIpc) is 2.47. The van der Waals surface area contributed by atoms with Crippen molar-refractivity contribution in [3.8, 4) is 0 Å². The van der Waals surface area contributed by atoms with Gasteiger partial charge in [0.15, 0.2) is 0 Å². The Hall–Kier alpha value is -1.65. The molecule has 1 atom stereocenters. The molecule has 0 aliphatic rings. The topological polar surface area (TPSA) is 37.4 Å². The highest BCUT2D eigenvalue weighted by Gasteiger charge is 2.24. The maximum Gasteiger partial charge on any atom is 0.218 e. The SMILES string of the molecule is CC(c1ccccc1)N(C)S(=O)(=O)Cc1ccccc1. The lowest BCUT2D eigenvalue weighted by atomic mass is 10.1. The van der Waals surface area contributed by atoms with Crippen LogP contribution >= 0.6 is 0 Å². The van der Waals surface area contributed by atoms with E-state index < -0.39 is 10.0 Å². The maximum absolute atomic E-state index is 12.4. The molecule has 4 heteroatoms. The van der Waals surface area contributed by atoms with Gasteiger partial charge in [-0.05, 0) is 18.1 Å². The minimum absolute atomic E-state index is 0.0293. The highest BCUT2D eigenvalue weighted by molar-refractivity contribution is 7.88. The van der Waals surface area contributed by atoms with Gasteiger partial charge in [-0.3, -0.25) is 0 Å². The summed E-state index contributed by atoms with van der Waals surface area (Å²) >= 11 is 0. The van der Waals surface area contributed by atoms with E-state index in [4.69, 9.17) is 0 Å². The summed E-state index contributed by atoms with van der Waals surface area (Å²) in [6, 6.07) is 18.7. The molecule has 1 unspecified atom stereocenters. The van der Waals surface area contributed by atoms with E-state index in [2.05, 4.69) is 0 Å². The second kappa shape index (κ2) is 6.20. The van der Waals surface area contributed by atoms with Crippen molar-refractivity contribution in [2.75, 3.05) is 7.05 Å². The summed E-state index contributed by atoms with van der Waals surface area (Å²) in [5.41, 5.74) is 1.80. The van der Waals surface area contributed by atoms with Crippen LogP contribution < -0.4 is 0 Å². The van der Waals surface area contributed by atoms with Crippen LogP contribution in [0.5, 0.6) is 0 Å². The van der Waals surface area contributed by atoms with Crippen molar-refractivity contribution in [3.63, 3.8) is 0 Å².